The first kappa shape index (κ1) is 17.4. The highest BCUT2D eigenvalue weighted by Gasteiger charge is 2.31. The van der Waals surface area contributed by atoms with Gasteiger partial charge in [0.1, 0.15) is 4.90 Å². The maximum atomic E-state index is 13.2. The molecule has 0 amide bonds. The fourth-order valence-electron chi connectivity index (χ4n) is 2.82. The third kappa shape index (κ3) is 3.22. The van der Waals surface area contributed by atoms with E-state index in [0.29, 0.717) is 22.8 Å². The van der Waals surface area contributed by atoms with Gasteiger partial charge in [-0.3, -0.25) is 0 Å². The molecule has 1 aromatic carbocycles. The minimum Gasteiger partial charge on any atom is -0.421 e. The number of hydrogen-bond acceptors (Lipinski definition) is 5. The number of aromatic amines is 1. The molecule has 0 fully saturated rings. The first-order valence-electron chi connectivity index (χ1n) is 7.80. The van der Waals surface area contributed by atoms with Crippen LogP contribution in [0.15, 0.2) is 39.6 Å². The van der Waals surface area contributed by atoms with Crippen LogP contribution in [0, 0.1) is 20.8 Å². The summed E-state index contributed by atoms with van der Waals surface area (Å²) in [5.74, 6) is 0.584. The van der Waals surface area contributed by atoms with Gasteiger partial charge in [0.25, 0.3) is 5.89 Å². The molecule has 0 unspecified atom stereocenters. The van der Waals surface area contributed by atoms with Crippen LogP contribution in [-0.2, 0) is 16.6 Å². The van der Waals surface area contributed by atoms with Gasteiger partial charge in [0.05, 0.1) is 5.56 Å². The third-order valence-electron chi connectivity index (χ3n) is 3.97. The van der Waals surface area contributed by atoms with E-state index in [1.807, 2.05) is 30.3 Å². The monoisotopic (exact) mass is 360 g/mol. The molecule has 0 aliphatic rings. The summed E-state index contributed by atoms with van der Waals surface area (Å²) in [6.07, 6.45) is 0. The molecule has 3 aromatic rings. The van der Waals surface area contributed by atoms with Crippen molar-refractivity contribution >= 4 is 10.0 Å². The molecule has 1 N–H and O–H groups in total. The number of nitrogens with zero attached hydrogens (tertiary/aromatic N) is 3. The molecule has 132 valence electrons. The van der Waals surface area contributed by atoms with Crippen molar-refractivity contribution in [1.29, 1.82) is 0 Å². The molecule has 0 saturated heterocycles. The van der Waals surface area contributed by atoms with Crippen molar-refractivity contribution in [3.8, 4) is 11.5 Å². The van der Waals surface area contributed by atoms with Gasteiger partial charge in [0, 0.05) is 31.9 Å². The first-order valence-corrected chi connectivity index (χ1v) is 9.24. The number of sulfonamides is 1. The Hall–Kier alpha value is -2.45. The van der Waals surface area contributed by atoms with E-state index in [-0.39, 0.29) is 17.3 Å². The van der Waals surface area contributed by atoms with E-state index in [4.69, 9.17) is 4.42 Å². The predicted octanol–water partition coefficient (Wildman–Crippen LogP) is 2.81. The average molecular weight is 360 g/mol. The van der Waals surface area contributed by atoms with E-state index in [2.05, 4.69) is 15.2 Å². The van der Waals surface area contributed by atoms with Gasteiger partial charge in [-0.05, 0) is 19.4 Å². The van der Waals surface area contributed by atoms with Gasteiger partial charge in [-0.15, -0.1) is 10.2 Å². The smallest absolute Gasteiger partial charge is 0.250 e. The molecular weight excluding hydrogens is 340 g/mol. The summed E-state index contributed by atoms with van der Waals surface area (Å²) in [4.78, 5) is 3.25. The molecule has 3 rings (SSSR count). The van der Waals surface area contributed by atoms with Crippen LogP contribution in [0.3, 0.4) is 0 Å². The van der Waals surface area contributed by atoms with E-state index in [9.17, 15) is 8.42 Å². The first-order chi connectivity index (χ1) is 11.8. The fourth-order valence-corrected chi connectivity index (χ4v) is 4.38. The topological polar surface area (TPSA) is 92.1 Å². The van der Waals surface area contributed by atoms with Crippen LogP contribution in [0.5, 0.6) is 0 Å². The third-order valence-corrected chi connectivity index (χ3v) is 5.95. The predicted molar refractivity (Wildman–Crippen MR) is 93.4 cm³/mol. The number of nitrogens with one attached hydrogen (secondary N) is 1. The SMILES string of the molecule is Cc1nnc(-c2c(C)[nH]c(C)c2S(=O)(=O)N(C)Cc2ccccc2)o1. The second-order valence-corrected chi connectivity index (χ2v) is 7.93. The Kier molecular flexibility index (Phi) is 4.49. The van der Waals surface area contributed by atoms with Crippen molar-refractivity contribution in [3.05, 3.63) is 53.2 Å². The lowest BCUT2D eigenvalue weighted by Crippen LogP contribution is -2.27. The molecule has 2 heterocycles. The summed E-state index contributed by atoms with van der Waals surface area (Å²) in [5.41, 5.74) is 2.56. The molecule has 0 aliphatic heterocycles. The number of benzene rings is 1. The highest BCUT2D eigenvalue weighted by atomic mass is 32.2. The van der Waals surface area contributed by atoms with Crippen LogP contribution < -0.4 is 0 Å². The molecule has 0 saturated carbocycles. The summed E-state index contributed by atoms with van der Waals surface area (Å²) in [6, 6.07) is 9.45. The van der Waals surface area contributed by atoms with Crippen molar-refractivity contribution in [2.75, 3.05) is 7.05 Å². The van der Waals surface area contributed by atoms with E-state index in [1.54, 1.807) is 27.8 Å². The zero-order valence-electron chi connectivity index (χ0n) is 14.6. The number of hydrogen-bond donors (Lipinski definition) is 1. The summed E-state index contributed by atoms with van der Waals surface area (Å²) < 4.78 is 33.2. The summed E-state index contributed by atoms with van der Waals surface area (Å²) in [7, 11) is -2.18. The van der Waals surface area contributed by atoms with Crippen LogP contribution in [-0.4, -0.2) is 35.0 Å². The van der Waals surface area contributed by atoms with E-state index < -0.39 is 10.0 Å². The summed E-state index contributed by atoms with van der Waals surface area (Å²) in [5, 5.41) is 7.80. The maximum absolute atomic E-state index is 13.2. The van der Waals surface area contributed by atoms with Crippen LogP contribution in [0.4, 0.5) is 0 Å². The number of aryl methyl sites for hydroxylation is 3. The lowest BCUT2D eigenvalue weighted by molar-refractivity contribution is 0.466. The van der Waals surface area contributed by atoms with Crippen molar-refractivity contribution in [2.45, 2.75) is 32.2 Å². The van der Waals surface area contributed by atoms with Crippen LogP contribution >= 0.6 is 0 Å². The quantitative estimate of drug-likeness (QED) is 0.755. The zero-order chi connectivity index (χ0) is 18.2. The number of rotatable bonds is 5. The van der Waals surface area contributed by atoms with Gasteiger partial charge >= 0.3 is 0 Å². The summed E-state index contributed by atoms with van der Waals surface area (Å²) in [6.45, 7) is 5.46. The lowest BCUT2D eigenvalue weighted by Gasteiger charge is -2.18. The largest absolute Gasteiger partial charge is 0.421 e. The van der Waals surface area contributed by atoms with E-state index in [1.165, 1.54) is 4.31 Å². The minimum atomic E-state index is -3.74. The second kappa shape index (κ2) is 6.45. The summed E-state index contributed by atoms with van der Waals surface area (Å²) >= 11 is 0. The van der Waals surface area contributed by atoms with E-state index in [0.717, 1.165) is 5.56 Å². The second-order valence-electron chi connectivity index (χ2n) is 5.95. The van der Waals surface area contributed by atoms with Gasteiger partial charge in [0.2, 0.25) is 15.9 Å². The Labute approximate surface area is 146 Å². The Morgan fingerprint density at radius 1 is 1.08 bits per heavy atom. The molecule has 0 bridgehead atoms. The molecular formula is C17H20N4O3S. The standard InChI is InChI=1S/C17H20N4O3S/c1-11-15(17-20-19-13(3)24-17)16(12(2)18-11)25(22,23)21(4)10-14-8-6-5-7-9-14/h5-9,18H,10H2,1-4H3. The average Bonchev–Trinajstić information content (AvgIpc) is 3.11. The zero-order valence-corrected chi connectivity index (χ0v) is 15.4. The van der Waals surface area contributed by atoms with Crippen LogP contribution in [0.2, 0.25) is 0 Å². The molecule has 2 aromatic heterocycles. The Balaban J connectivity index is 2.05. The Morgan fingerprint density at radius 2 is 1.76 bits per heavy atom. The van der Waals surface area contributed by atoms with Gasteiger partial charge < -0.3 is 9.40 Å². The molecule has 25 heavy (non-hydrogen) atoms. The maximum Gasteiger partial charge on any atom is 0.250 e. The van der Waals surface area contributed by atoms with Gasteiger partial charge in [-0.2, -0.15) is 4.31 Å². The van der Waals surface area contributed by atoms with Crippen molar-refractivity contribution in [1.82, 2.24) is 19.5 Å². The molecule has 0 spiro atoms. The van der Waals surface area contributed by atoms with Crippen LogP contribution in [0.1, 0.15) is 22.8 Å². The van der Waals surface area contributed by atoms with Crippen molar-refractivity contribution in [2.24, 2.45) is 0 Å². The highest BCUT2D eigenvalue weighted by molar-refractivity contribution is 7.89. The van der Waals surface area contributed by atoms with Crippen molar-refractivity contribution in [3.63, 3.8) is 0 Å². The normalized spacial score (nSPS) is 12.0. The van der Waals surface area contributed by atoms with Gasteiger partial charge in [-0.25, -0.2) is 8.42 Å². The Bertz CT molecular complexity index is 990. The number of H-pyrrole nitrogens is 1. The van der Waals surface area contributed by atoms with Gasteiger partial charge in [0.15, 0.2) is 0 Å². The fraction of sp³-hybridized carbons (Fsp3) is 0.294. The minimum absolute atomic E-state index is 0.173. The molecule has 0 aliphatic carbocycles. The number of aromatic nitrogens is 3. The molecule has 0 radical (unpaired) electrons. The van der Waals surface area contributed by atoms with Crippen molar-refractivity contribution < 1.29 is 12.8 Å². The van der Waals surface area contributed by atoms with E-state index >= 15 is 0 Å². The van der Waals surface area contributed by atoms with Crippen LogP contribution in [0.25, 0.3) is 11.5 Å². The lowest BCUT2D eigenvalue weighted by atomic mass is 10.2. The molecule has 0 atom stereocenters. The Morgan fingerprint density at radius 3 is 2.36 bits per heavy atom. The molecule has 8 heteroatoms. The highest BCUT2D eigenvalue weighted by Crippen LogP contribution is 2.34. The molecule has 7 nitrogen and oxygen atoms in total. The van der Waals surface area contributed by atoms with Gasteiger partial charge in [-0.1, -0.05) is 30.3 Å².